The van der Waals surface area contributed by atoms with Crippen LogP contribution in [0.25, 0.3) is 22.4 Å². The zero-order valence-corrected chi connectivity index (χ0v) is 14.7. The van der Waals surface area contributed by atoms with Crippen LogP contribution in [0.3, 0.4) is 0 Å². The van der Waals surface area contributed by atoms with Crippen molar-refractivity contribution in [2.45, 2.75) is 26.2 Å². The summed E-state index contributed by atoms with van der Waals surface area (Å²) < 4.78 is 0. The van der Waals surface area contributed by atoms with Crippen molar-refractivity contribution in [3.63, 3.8) is 0 Å². The molecule has 0 spiro atoms. The van der Waals surface area contributed by atoms with Crippen molar-refractivity contribution in [1.82, 2.24) is 9.97 Å². The van der Waals surface area contributed by atoms with Crippen molar-refractivity contribution in [3.05, 3.63) is 89.5 Å². The minimum absolute atomic E-state index is 0.371. The van der Waals surface area contributed by atoms with E-state index in [9.17, 15) is 0 Å². The lowest BCUT2D eigenvalue weighted by molar-refractivity contribution is 0.782. The molecule has 1 heterocycles. The molecule has 0 saturated carbocycles. The standard InChI is InChI=1S/C23H22N2/c1-3-19(17-10-5-4-6-11-17)20-13-8-14-21-22(20)25-23(24-21)18-12-7-9-16(2)15-18/h4-15,19H,3H2,1-2H3,(H,24,25). The van der Waals surface area contributed by atoms with Crippen molar-refractivity contribution in [2.24, 2.45) is 0 Å². The number of aromatic nitrogens is 2. The molecule has 1 unspecified atom stereocenters. The molecule has 1 N–H and O–H groups in total. The topological polar surface area (TPSA) is 28.7 Å². The number of hydrogen-bond donors (Lipinski definition) is 1. The van der Waals surface area contributed by atoms with Crippen LogP contribution < -0.4 is 0 Å². The number of rotatable bonds is 4. The first-order valence-corrected chi connectivity index (χ1v) is 8.87. The number of imidazole rings is 1. The minimum Gasteiger partial charge on any atom is -0.338 e. The molecule has 25 heavy (non-hydrogen) atoms. The van der Waals surface area contributed by atoms with Gasteiger partial charge < -0.3 is 4.98 Å². The SMILES string of the molecule is CCC(c1ccccc1)c1cccc2nc(-c3cccc(C)c3)[nH]c12. The Morgan fingerprint density at radius 2 is 1.72 bits per heavy atom. The Hall–Kier alpha value is -2.87. The van der Waals surface area contributed by atoms with Crippen LogP contribution in [-0.4, -0.2) is 9.97 Å². The number of aryl methyl sites for hydroxylation is 1. The Morgan fingerprint density at radius 3 is 2.48 bits per heavy atom. The van der Waals surface area contributed by atoms with E-state index < -0.39 is 0 Å². The third-order valence-electron chi connectivity index (χ3n) is 4.83. The molecule has 0 radical (unpaired) electrons. The summed E-state index contributed by atoms with van der Waals surface area (Å²) in [5.41, 5.74) is 7.23. The lowest BCUT2D eigenvalue weighted by Crippen LogP contribution is -2.00. The molecule has 0 saturated heterocycles. The molecule has 0 aliphatic heterocycles. The average molecular weight is 326 g/mol. The molecule has 2 heteroatoms. The van der Waals surface area contributed by atoms with Gasteiger partial charge in [-0.25, -0.2) is 4.98 Å². The quantitative estimate of drug-likeness (QED) is 0.483. The third-order valence-corrected chi connectivity index (χ3v) is 4.83. The molecule has 2 nitrogen and oxygen atoms in total. The second kappa shape index (κ2) is 6.56. The first-order valence-electron chi connectivity index (χ1n) is 8.87. The Labute approximate surface area is 148 Å². The van der Waals surface area contributed by atoms with Gasteiger partial charge in [0.1, 0.15) is 5.82 Å². The molecule has 0 bridgehead atoms. The molecule has 4 rings (SSSR count). The molecule has 1 aromatic heterocycles. The highest BCUT2D eigenvalue weighted by Gasteiger charge is 2.17. The first-order chi connectivity index (χ1) is 12.3. The lowest BCUT2D eigenvalue weighted by atomic mass is 9.88. The molecule has 0 fully saturated rings. The van der Waals surface area contributed by atoms with Crippen LogP contribution in [-0.2, 0) is 0 Å². The molecule has 4 aromatic rings. The zero-order valence-electron chi connectivity index (χ0n) is 14.7. The van der Waals surface area contributed by atoms with E-state index in [1.165, 1.54) is 16.7 Å². The van der Waals surface area contributed by atoms with E-state index in [1.54, 1.807) is 0 Å². The third kappa shape index (κ3) is 2.96. The number of hydrogen-bond acceptors (Lipinski definition) is 1. The first kappa shape index (κ1) is 15.6. The number of aromatic amines is 1. The van der Waals surface area contributed by atoms with Gasteiger partial charge in [-0.05, 0) is 36.6 Å². The average Bonchev–Trinajstić information content (AvgIpc) is 3.08. The Balaban J connectivity index is 1.85. The fraction of sp³-hybridized carbons (Fsp3) is 0.174. The van der Waals surface area contributed by atoms with E-state index in [4.69, 9.17) is 4.98 Å². The molecule has 124 valence electrons. The summed E-state index contributed by atoms with van der Waals surface area (Å²) in [6.07, 6.45) is 1.06. The van der Waals surface area contributed by atoms with Gasteiger partial charge in [-0.3, -0.25) is 0 Å². The van der Waals surface area contributed by atoms with Crippen LogP contribution >= 0.6 is 0 Å². The Bertz CT molecular complexity index is 999. The maximum absolute atomic E-state index is 4.84. The maximum Gasteiger partial charge on any atom is 0.138 e. The van der Waals surface area contributed by atoms with Gasteiger partial charge in [0.2, 0.25) is 0 Å². The number of nitrogens with one attached hydrogen (secondary N) is 1. The van der Waals surface area contributed by atoms with E-state index >= 15 is 0 Å². The highest BCUT2D eigenvalue weighted by Crippen LogP contribution is 2.33. The maximum atomic E-state index is 4.84. The van der Waals surface area contributed by atoms with Gasteiger partial charge in [-0.15, -0.1) is 0 Å². The number of fused-ring (bicyclic) bond motifs is 1. The summed E-state index contributed by atoms with van der Waals surface area (Å²) in [7, 11) is 0. The molecule has 3 aromatic carbocycles. The van der Waals surface area contributed by atoms with Crippen LogP contribution in [0.1, 0.15) is 36.0 Å². The molecule has 0 amide bonds. The van der Waals surface area contributed by atoms with Crippen molar-refractivity contribution < 1.29 is 0 Å². The fourth-order valence-electron chi connectivity index (χ4n) is 3.59. The molecule has 0 aliphatic carbocycles. The van der Waals surface area contributed by atoms with Gasteiger partial charge in [0, 0.05) is 11.5 Å². The summed E-state index contributed by atoms with van der Waals surface area (Å²) in [5, 5.41) is 0. The molecule has 1 atom stereocenters. The largest absolute Gasteiger partial charge is 0.338 e. The van der Waals surface area contributed by atoms with Gasteiger partial charge in [0.05, 0.1) is 11.0 Å². The second-order valence-electron chi connectivity index (χ2n) is 6.57. The van der Waals surface area contributed by atoms with E-state index in [0.717, 1.165) is 28.8 Å². The highest BCUT2D eigenvalue weighted by molar-refractivity contribution is 5.83. The van der Waals surface area contributed by atoms with Gasteiger partial charge in [-0.1, -0.05) is 73.2 Å². The predicted molar refractivity (Wildman–Crippen MR) is 105 cm³/mol. The summed E-state index contributed by atoms with van der Waals surface area (Å²) >= 11 is 0. The van der Waals surface area contributed by atoms with Crippen LogP contribution in [0.4, 0.5) is 0 Å². The highest BCUT2D eigenvalue weighted by atomic mass is 14.9. The van der Waals surface area contributed by atoms with Crippen LogP contribution in [0.2, 0.25) is 0 Å². The van der Waals surface area contributed by atoms with E-state index in [-0.39, 0.29) is 0 Å². The Morgan fingerprint density at radius 1 is 0.920 bits per heavy atom. The molecular weight excluding hydrogens is 304 g/mol. The lowest BCUT2D eigenvalue weighted by Gasteiger charge is -2.16. The van der Waals surface area contributed by atoms with Crippen LogP contribution in [0.5, 0.6) is 0 Å². The fourth-order valence-corrected chi connectivity index (χ4v) is 3.59. The van der Waals surface area contributed by atoms with Crippen molar-refractivity contribution >= 4 is 11.0 Å². The van der Waals surface area contributed by atoms with E-state index in [1.807, 2.05) is 0 Å². The van der Waals surface area contributed by atoms with Crippen molar-refractivity contribution in [1.29, 1.82) is 0 Å². The zero-order chi connectivity index (χ0) is 17.2. The number of benzene rings is 3. The van der Waals surface area contributed by atoms with E-state index in [2.05, 4.69) is 91.6 Å². The number of nitrogens with zero attached hydrogens (tertiary/aromatic N) is 1. The van der Waals surface area contributed by atoms with E-state index in [0.29, 0.717) is 5.92 Å². The minimum atomic E-state index is 0.371. The van der Waals surface area contributed by atoms with Crippen molar-refractivity contribution in [2.75, 3.05) is 0 Å². The van der Waals surface area contributed by atoms with Gasteiger partial charge in [0.15, 0.2) is 0 Å². The normalized spacial score (nSPS) is 12.4. The summed E-state index contributed by atoms with van der Waals surface area (Å²) in [6, 6.07) is 25.6. The number of para-hydroxylation sites is 1. The van der Waals surface area contributed by atoms with Gasteiger partial charge in [0.25, 0.3) is 0 Å². The molecule has 0 aliphatic rings. The summed E-state index contributed by atoms with van der Waals surface area (Å²) in [4.78, 5) is 8.42. The number of H-pyrrole nitrogens is 1. The smallest absolute Gasteiger partial charge is 0.138 e. The monoisotopic (exact) mass is 326 g/mol. The molecular formula is C23H22N2. The summed E-state index contributed by atoms with van der Waals surface area (Å²) in [5.74, 6) is 1.31. The second-order valence-corrected chi connectivity index (χ2v) is 6.57. The summed E-state index contributed by atoms with van der Waals surface area (Å²) in [6.45, 7) is 4.36. The predicted octanol–water partition coefficient (Wildman–Crippen LogP) is 6.08. The van der Waals surface area contributed by atoms with Gasteiger partial charge >= 0.3 is 0 Å². The van der Waals surface area contributed by atoms with Crippen LogP contribution in [0, 0.1) is 6.92 Å². The van der Waals surface area contributed by atoms with Crippen molar-refractivity contribution in [3.8, 4) is 11.4 Å². The van der Waals surface area contributed by atoms with Gasteiger partial charge in [-0.2, -0.15) is 0 Å². The Kier molecular flexibility index (Phi) is 4.10. The van der Waals surface area contributed by atoms with Crippen LogP contribution in [0.15, 0.2) is 72.8 Å².